The zero-order valence-corrected chi connectivity index (χ0v) is 12.3. The molecule has 0 saturated heterocycles. The van der Waals surface area contributed by atoms with E-state index in [9.17, 15) is 0 Å². The molecule has 0 saturated carbocycles. The van der Waals surface area contributed by atoms with Crippen molar-refractivity contribution in [3.63, 3.8) is 0 Å². The van der Waals surface area contributed by atoms with Gasteiger partial charge in [0.1, 0.15) is 18.9 Å². The normalized spacial score (nSPS) is 10.9. The maximum absolute atomic E-state index is 2.26. The molecule has 0 spiro atoms. The number of rotatable bonds is 3. The summed E-state index contributed by atoms with van der Waals surface area (Å²) in [7, 11) is 0. The number of hydrogen-bond donors (Lipinski definition) is 0. The lowest BCUT2D eigenvalue weighted by atomic mass is 10.0. The quantitative estimate of drug-likeness (QED) is 0.504. The van der Waals surface area contributed by atoms with E-state index in [2.05, 4.69) is 88.2 Å². The molecule has 0 unspecified atom stereocenters. The van der Waals surface area contributed by atoms with Crippen molar-refractivity contribution in [2.75, 3.05) is 0 Å². The molecule has 4 rings (SSSR count). The van der Waals surface area contributed by atoms with Gasteiger partial charge in [-0.3, -0.25) is 0 Å². The van der Waals surface area contributed by atoms with Gasteiger partial charge >= 0.3 is 0 Å². The SMILES string of the molecule is c1ccc(-c2ccc(C[n+]3ccn4ccccc43)cc2)cc1. The largest absolute Gasteiger partial charge is 0.286 e. The van der Waals surface area contributed by atoms with E-state index in [4.69, 9.17) is 0 Å². The number of benzene rings is 2. The topological polar surface area (TPSA) is 8.29 Å². The highest BCUT2D eigenvalue weighted by Gasteiger charge is 2.08. The molecule has 0 bridgehead atoms. The van der Waals surface area contributed by atoms with Crippen LogP contribution in [0.4, 0.5) is 0 Å². The fraction of sp³-hybridized carbons (Fsp3) is 0.0500. The van der Waals surface area contributed by atoms with Gasteiger partial charge in [0.15, 0.2) is 0 Å². The molecule has 0 amide bonds. The molecule has 0 radical (unpaired) electrons. The van der Waals surface area contributed by atoms with Gasteiger partial charge in [-0.05, 0) is 22.8 Å². The minimum Gasteiger partial charge on any atom is -0.226 e. The second-order valence-electron chi connectivity index (χ2n) is 5.46. The summed E-state index contributed by atoms with van der Waals surface area (Å²) in [5.74, 6) is 0. The summed E-state index contributed by atoms with van der Waals surface area (Å²) in [6.45, 7) is 0.885. The second-order valence-corrected chi connectivity index (χ2v) is 5.46. The van der Waals surface area contributed by atoms with E-state index in [1.54, 1.807) is 0 Å². The summed E-state index contributed by atoms with van der Waals surface area (Å²) in [5, 5.41) is 0. The minimum atomic E-state index is 0.885. The first kappa shape index (κ1) is 12.8. The Kier molecular flexibility index (Phi) is 3.20. The van der Waals surface area contributed by atoms with Gasteiger partial charge in [-0.2, -0.15) is 0 Å². The Morgan fingerprint density at radius 3 is 2.23 bits per heavy atom. The van der Waals surface area contributed by atoms with Crippen molar-refractivity contribution in [3.05, 3.63) is 97.0 Å². The molecule has 0 atom stereocenters. The average Bonchev–Trinajstić information content (AvgIpc) is 3.00. The van der Waals surface area contributed by atoms with Gasteiger partial charge in [0.2, 0.25) is 0 Å². The van der Waals surface area contributed by atoms with Crippen molar-refractivity contribution >= 4 is 5.65 Å². The molecule has 2 aromatic heterocycles. The van der Waals surface area contributed by atoms with E-state index >= 15 is 0 Å². The van der Waals surface area contributed by atoms with Gasteiger partial charge in [-0.15, -0.1) is 0 Å². The average molecular weight is 285 g/mol. The number of aromatic nitrogens is 2. The molecule has 0 fully saturated rings. The van der Waals surface area contributed by atoms with Crippen LogP contribution in [0, 0.1) is 0 Å². The fourth-order valence-electron chi connectivity index (χ4n) is 2.81. The third-order valence-corrected chi connectivity index (χ3v) is 3.98. The number of fused-ring (bicyclic) bond motifs is 1. The molecular formula is C20H17N2+. The van der Waals surface area contributed by atoms with E-state index in [0.717, 1.165) is 6.54 Å². The predicted molar refractivity (Wildman–Crippen MR) is 88.6 cm³/mol. The molecule has 0 aliphatic rings. The highest BCUT2D eigenvalue weighted by atomic mass is 15.1. The molecule has 0 N–H and O–H groups in total. The minimum absolute atomic E-state index is 0.885. The van der Waals surface area contributed by atoms with Crippen LogP contribution in [0.2, 0.25) is 0 Å². The predicted octanol–water partition coefficient (Wildman–Crippen LogP) is 3.94. The van der Waals surface area contributed by atoms with Gasteiger partial charge in [0.25, 0.3) is 5.65 Å². The van der Waals surface area contributed by atoms with Crippen LogP contribution < -0.4 is 4.57 Å². The first-order chi connectivity index (χ1) is 10.9. The number of imidazole rings is 1. The third-order valence-electron chi connectivity index (χ3n) is 3.98. The molecule has 106 valence electrons. The van der Waals surface area contributed by atoms with Crippen LogP contribution in [-0.4, -0.2) is 4.40 Å². The van der Waals surface area contributed by atoms with E-state index < -0.39 is 0 Å². The molecular weight excluding hydrogens is 268 g/mol. The number of pyridine rings is 1. The Morgan fingerprint density at radius 1 is 0.682 bits per heavy atom. The lowest BCUT2D eigenvalue weighted by molar-refractivity contribution is -0.661. The van der Waals surface area contributed by atoms with Crippen molar-refractivity contribution < 1.29 is 4.57 Å². The zero-order chi connectivity index (χ0) is 14.8. The van der Waals surface area contributed by atoms with Crippen LogP contribution in [0.5, 0.6) is 0 Å². The van der Waals surface area contributed by atoms with Crippen LogP contribution in [0.3, 0.4) is 0 Å². The van der Waals surface area contributed by atoms with E-state index in [1.165, 1.54) is 22.3 Å². The Balaban J connectivity index is 1.61. The van der Waals surface area contributed by atoms with Crippen molar-refractivity contribution in [2.24, 2.45) is 0 Å². The molecule has 22 heavy (non-hydrogen) atoms. The van der Waals surface area contributed by atoms with E-state index in [0.29, 0.717) is 0 Å². The van der Waals surface area contributed by atoms with Crippen molar-refractivity contribution in [2.45, 2.75) is 6.54 Å². The van der Waals surface area contributed by atoms with Crippen LogP contribution in [-0.2, 0) is 6.54 Å². The molecule has 2 nitrogen and oxygen atoms in total. The molecule has 0 aliphatic heterocycles. The smallest absolute Gasteiger partial charge is 0.226 e. The number of hydrogen-bond acceptors (Lipinski definition) is 0. The van der Waals surface area contributed by atoms with Crippen molar-refractivity contribution in [1.29, 1.82) is 0 Å². The Bertz CT molecular complexity index is 890. The highest BCUT2D eigenvalue weighted by Crippen LogP contribution is 2.19. The zero-order valence-electron chi connectivity index (χ0n) is 12.3. The highest BCUT2D eigenvalue weighted by molar-refractivity contribution is 5.63. The fourth-order valence-corrected chi connectivity index (χ4v) is 2.81. The first-order valence-electron chi connectivity index (χ1n) is 7.50. The summed E-state index contributed by atoms with van der Waals surface area (Å²) in [4.78, 5) is 0. The van der Waals surface area contributed by atoms with Crippen LogP contribution in [0.1, 0.15) is 5.56 Å². The summed E-state index contributed by atoms with van der Waals surface area (Å²) < 4.78 is 4.40. The van der Waals surface area contributed by atoms with Crippen LogP contribution >= 0.6 is 0 Å². The Hall–Kier alpha value is -2.87. The summed E-state index contributed by atoms with van der Waals surface area (Å²) in [5.41, 5.74) is 5.03. The number of nitrogens with zero attached hydrogens (tertiary/aromatic N) is 2. The van der Waals surface area contributed by atoms with Gasteiger partial charge in [0.05, 0.1) is 6.20 Å². The summed E-state index contributed by atoms with van der Waals surface area (Å²) in [6.07, 6.45) is 6.29. The van der Waals surface area contributed by atoms with Crippen LogP contribution in [0.25, 0.3) is 16.8 Å². The maximum Gasteiger partial charge on any atom is 0.286 e. The standard InChI is InChI=1S/C20H17N2/c1-2-6-18(7-3-1)19-11-9-17(10-12-19)16-22-15-14-21-13-5-4-8-20(21)22/h1-15H,16H2/q+1. The van der Waals surface area contributed by atoms with E-state index in [-0.39, 0.29) is 0 Å². The lowest BCUT2D eigenvalue weighted by Gasteiger charge is -2.03. The lowest BCUT2D eigenvalue weighted by Crippen LogP contribution is -2.32. The molecule has 2 heteroatoms. The third kappa shape index (κ3) is 2.40. The molecule has 2 aromatic carbocycles. The van der Waals surface area contributed by atoms with Crippen LogP contribution in [0.15, 0.2) is 91.4 Å². The molecule has 0 aliphatic carbocycles. The van der Waals surface area contributed by atoms with E-state index in [1.807, 2.05) is 12.1 Å². The second kappa shape index (κ2) is 5.49. The van der Waals surface area contributed by atoms with Gasteiger partial charge < -0.3 is 0 Å². The van der Waals surface area contributed by atoms with Gasteiger partial charge in [0, 0.05) is 6.07 Å². The first-order valence-corrected chi connectivity index (χ1v) is 7.50. The summed E-state index contributed by atoms with van der Waals surface area (Å²) in [6, 6.07) is 25.6. The van der Waals surface area contributed by atoms with Gasteiger partial charge in [-0.25, -0.2) is 8.97 Å². The summed E-state index contributed by atoms with van der Waals surface area (Å²) >= 11 is 0. The van der Waals surface area contributed by atoms with Gasteiger partial charge in [-0.1, -0.05) is 60.7 Å². The Morgan fingerprint density at radius 2 is 1.41 bits per heavy atom. The van der Waals surface area contributed by atoms with Crippen molar-refractivity contribution in [1.82, 2.24) is 4.40 Å². The Labute approximate surface area is 129 Å². The molecule has 2 heterocycles. The molecule has 4 aromatic rings. The maximum atomic E-state index is 2.26. The monoisotopic (exact) mass is 285 g/mol. The van der Waals surface area contributed by atoms with Crippen molar-refractivity contribution in [3.8, 4) is 11.1 Å².